The molecule has 56 valence electrons. The van der Waals surface area contributed by atoms with Crippen LogP contribution >= 0.6 is 0 Å². The summed E-state index contributed by atoms with van der Waals surface area (Å²) in [6.45, 7) is 0. The molecule has 0 unspecified atom stereocenters. The molecule has 0 spiro atoms. The van der Waals surface area contributed by atoms with Gasteiger partial charge in [-0.3, -0.25) is 0 Å². The second-order valence-corrected chi connectivity index (χ2v) is 2.25. The van der Waals surface area contributed by atoms with Crippen LogP contribution in [0, 0.1) is 0 Å². The second kappa shape index (κ2) is 6.81. The van der Waals surface area contributed by atoms with Gasteiger partial charge in [0.1, 0.15) is 6.33 Å². The van der Waals surface area contributed by atoms with E-state index in [0.29, 0.717) is 0 Å². The summed E-state index contributed by atoms with van der Waals surface area (Å²) in [6, 6.07) is 1.78. The Morgan fingerprint density at radius 2 is 1.60 bits per heavy atom. The number of halogens is 1. The normalized spacial score (nSPS) is 8.40. The van der Waals surface area contributed by atoms with E-state index < -0.39 is 21.1 Å². The summed E-state index contributed by atoms with van der Waals surface area (Å²) in [5.74, 6) is 0. The van der Waals surface area contributed by atoms with Crippen LogP contribution in [0.15, 0.2) is 24.8 Å². The molecule has 0 aliphatic carbocycles. The maximum atomic E-state index is 8.68. The zero-order valence-electron chi connectivity index (χ0n) is 4.85. The van der Waals surface area contributed by atoms with Crippen molar-refractivity contribution >= 4 is 0 Å². The fraction of sp³-hybridized carbons (Fsp3) is 0. The predicted octanol–water partition coefficient (Wildman–Crippen LogP) is -5.45. The van der Waals surface area contributed by atoms with Crippen LogP contribution in [0.4, 0.5) is 0 Å². The summed E-state index contributed by atoms with van der Waals surface area (Å²) in [5, 5.41) is 0. The van der Waals surface area contributed by atoms with Crippen molar-refractivity contribution in [2.75, 3.05) is 0 Å². The average molecular weight is 256 g/mol. The highest BCUT2D eigenvalue weighted by molar-refractivity contribution is 4.74. The van der Waals surface area contributed by atoms with Gasteiger partial charge >= 0.3 is 21.1 Å². The van der Waals surface area contributed by atoms with Crippen molar-refractivity contribution < 1.29 is 31.4 Å². The van der Waals surface area contributed by atoms with Crippen LogP contribution in [0.1, 0.15) is 0 Å². The first kappa shape index (κ1) is 9.69. The highest BCUT2D eigenvalue weighted by atomic mass is 127. The monoisotopic (exact) mass is 256 g/mol. The van der Waals surface area contributed by atoms with Gasteiger partial charge < -0.3 is 6.87 Å². The van der Waals surface area contributed by atoms with Crippen LogP contribution in [-0.2, 0) is 0 Å². The lowest BCUT2D eigenvalue weighted by atomic mass is 10.7. The van der Waals surface area contributed by atoms with E-state index >= 15 is 0 Å². The topological polar surface area (TPSA) is 92.1 Å². The predicted molar refractivity (Wildman–Crippen MR) is 24.3 cm³/mol. The van der Waals surface area contributed by atoms with Crippen molar-refractivity contribution in [1.82, 2.24) is 9.97 Å². The van der Waals surface area contributed by atoms with Gasteiger partial charge in [0.15, 0.2) is 0 Å². The van der Waals surface area contributed by atoms with Gasteiger partial charge in [-0.2, -0.15) is 0 Å². The van der Waals surface area contributed by atoms with Crippen LogP contribution in [0.5, 0.6) is 0 Å². The fourth-order valence-electron chi connectivity index (χ4n) is 0.253. The molecule has 5 nitrogen and oxygen atoms in total. The van der Waals surface area contributed by atoms with Crippen LogP contribution in [-0.4, -0.2) is 13.4 Å². The molecule has 1 aromatic rings. The lowest BCUT2D eigenvalue weighted by molar-refractivity contribution is -1.63. The lowest BCUT2D eigenvalue weighted by Gasteiger charge is -1.70. The molecule has 0 saturated carbocycles. The third-order valence-corrected chi connectivity index (χ3v) is 0.478. The first-order valence-electron chi connectivity index (χ1n) is 2.18. The summed E-state index contributed by atoms with van der Waals surface area (Å²) < 4.78 is 24.5. The quantitative estimate of drug-likeness (QED) is 0.467. The van der Waals surface area contributed by atoms with Gasteiger partial charge in [-0.15, -0.1) is 0 Å². The largest absolute Gasteiger partial charge is 0.503 e. The Balaban J connectivity index is 0.000000180. The highest BCUT2D eigenvalue weighted by Crippen LogP contribution is 1.66. The van der Waals surface area contributed by atoms with Crippen LogP contribution < -0.4 is 27.9 Å². The molecule has 0 amide bonds. The molecule has 1 aromatic heterocycles. The average Bonchev–Trinajstić information content (AvgIpc) is 1.90. The Morgan fingerprint density at radius 3 is 1.70 bits per heavy atom. The van der Waals surface area contributed by atoms with Gasteiger partial charge in [0, 0.05) is 12.4 Å². The van der Waals surface area contributed by atoms with Crippen molar-refractivity contribution in [3.8, 4) is 0 Å². The smallest absolute Gasteiger partial charge is 0.396 e. The standard InChI is InChI=1S/C4H4N2.HIO3/c1-2-5-4-6-3-1;2-1(3)4/h1-4H;2H. The first-order chi connectivity index (χ1) is 4.73. The molecule has 10 heavy (non-hydrogen) atoms. The molecule has 1 heterocycles. The van der Waals surface area contributed by atoms with Gasteiger partial charge in [-0.25, -0.2) is 9.97 Å². The van der Waals surface area contributed by atoms with E-state index in [4.69, 9.17) is 10.3 Å². The van der Waals surface area contributed by atoms with Crippen molar-refractivity contribution in [3.63, 3.8) is 0 Å². The molecule has 0 aliphatic heterocycles. The minimum atomic E-state index is -3.76. The third-order valence-electron chi connectivity index (χ3n) is 0.478. The minimum Gasteiger partial charge on any atom is -0.396 e. The van der Waals surface area contributed by atoms with Crippen LogP contribution in [0.2, 0.25) is 0 Å². The fourth-order valence-corrected chi connectivity index (χ4v) is 0.253. The van der Waals surface area contributed by atoms with E-state index in [1.54, 1.807) is 18.5 Å². The van der Waals surface area contributed by atoms with Crippen LogP contribution in [0.25, 0.3) is 0 Å². The van der Waals surface area contributed by atoms with Crippen molar-refractivity contribution in [3.05, 3.63) is 24.8 Å². The maximum absolute atomic E-state index is 8.68. The molecule has 0 radical (unpaired) electrons. The van der Waals surface area contributed by atoms with Gasteiger partial charge in [0.2, 0.25) is 0 Å². The third kappa shape index (κ3) is 10.6. The molecule has 1 rings (SSSR count). The Hall–Kier alpha value is -0.310. The maximum Gasteiger partial charge on any atom is 0.503 e. The van der Waals surface area contributed by atoms with Crippen molar-refractivity contribution in [2.24, 2.45) is 0 Å². The van der Waals surface area contributed by atoms with Gasteiger partial charge in [0.05, 0.1) is 0 Å². The summed E-state index contributed by atoms with van der Waals surface area (Å²) in [5.41, 5.74) is 0. The zero-order chi connectivity index (χ0) is 7.82. The molecule has 0 bridgehead atoms. The summed E-state index contributed by atoms with van der Waals surface area (Å²) in [7, 11) is 0. The van der Waals surface area contributed by atoms with E-state index in [1.165, 1.54) is 6.33 Å². The lowest BCUT2D eigenvalue weighted by Crippen LogP contribution is -3.98. The van der Waals surface area contributed by atoms with E-state index in [1.807, 2.05) is 0 Å². The van der Waals surface area contributed by atoms with Gasteiger partial charge in [-0.1, -0.05) is 0 Å². The molecular weight excluding hydrogens is 251 g/mol. The molecule has 0 aliphatic rings. The number of hydrogen-bond donors (Lipinski definition) is 1. The van der Waals surface area contributed by atoms with Gasteiger partial charge in [-0.05, 0) is 9.50 Å². The molecule has 0 saturated heterocycles. The van der Waals surface area contributed by atoms with E-state index in [9.17, 15) is 0 Å². The minimum absolute atomic E-state index is 1.50. The zero-order valence-corrected chi connectivity index (χ0v) is 7.00. The Kier molecular flexibility index (Phi) is 6.59. The van der Waals surface area contributed by atoms with E-state index in [-0.39, 0.29) is 0 Å². The van der Waals surface area contributed by atoms with Crippen molar-refractivity contribution in [1.29, 1.82) is 0 Å². The molecule has 0 atom stereocenters. The number of nitrogens with zero attached hydrogens (tertiary/aromatic N) is 2. The van der Waals surface area contributed by atoms with Gasteiger partial charge in [0.25, 0.3) is 0 Å². The van der Waals surface area contributed by atoms with Crippen molar-refractivity contribution in [2.45, 2.75) is 0 Å². The second-order valence-electron chi connectivity index (χ2n) is 1.11. The molecule has 6 heteroatoms. The van der Waals surface area contributed by atoms with E-state index in [0.717, 1.165) is 0 Å². The summed E-state index contributed by atoms with van der Waals surface area (Å²) >= 11 is -3.76. The van der Waals surface area contributed by atoms with Crippen LogP contribution in [0.3, 0.4) is 0 Å². The summed E-state index contributed by atoms with van der Waals surface area (Å²) in [6.07, 6.45) is 4.88. The molecule has 0 fully saturated rings. The summed E-state index contributed by atoms with van der Waals surface area (Å²) in [4.78, 5) is 7.35. The number of rotatable bonds is 0. The Bertz CT molecular complexity index is 119. The first-order valence-corrected chi connectivity index (χ1v) is 4.90. The van der Waals surface area contributed by atoms with E-state index in [2.05, 4.69) is 9.97 Å². The number of hydrogen-bond acceptors (Lipinski definition) is 5. The number of aromatic nitrogens is 2. The Morgan fingerprint density at radius 1 is 1.20 bits per heavy atom. The molecular formula is C4H5IN2O3. The molecule has 1 N–H and O–H groups in total. The highest BCUT2D eigenvalue weighted by Gasteiger charge is 1.89. The SMILES string of the molecule is [O-][I+2]([O-])O.c1cncnc1. The Labute approximate surface area is 66.4 Å². The molecule has 0 aromatic carbocycles.